The summed E-state index contributed by atoms with van der Waals surface area (Å²) in [6, 6.07) is 0. The molecule has 0 bridgehead atoms. The third-order valence-electron chi connectivity index (χ3n) is 23.9. The first-order valence-electron chi connectivity index (χ1n) is 48.3. The molecule has 3 aliphatic rings. The molecule has 1 aliphatic carbocycles. The van der Waals surface area contributed by atoms with Gasteiger partial charge in [-0.3, -0.25) is 28.2 Å². The van der Waals surface area contributed by atoms with Crippen LogP contribution in [0.25, 0.3) is 0 Å². The van der Waals surface area contributed by atoms with Crippen molar-refractivity contribution in [2.75, 3.05) is 26.4 Å². The number of hydrogen-bond donors (Lipinski definition) is 10. The number of hydrogen-bond acceptors (Lipinski definition) is 24. The van der Waals surface area contributed by atoms with Gasteiger partial charge in [-0.25, -0.2) is 4.57 Å². The highest BCUT2D eigenvalue weighted by Crippen LogP contribution is 2.49. The van der Waals surface area contributed by atoms with Crippen LogP contribution in [-0.2, 0) is 70.7 Å². The first-order chi connectivity index (χ1) is 57.2. The molecule has 26 heteroatoms. The molecule has 18 atom stereocenters. The molecule has 0 aromatic rings. The molecule has 2 heterocycles. The molecule has 3 fully saturated rings. The van der Waals surface area contributed by atoms with E-state index in [1.807, 2.05) is 0 Å². The zero-order chi connectivity index (χ0) is 86.1. The van der Waals surface area contributed by atoms with Crippen molar-refractivity contribution in [1.29, 1.82) is 0 Å². The van der Waals surface area contributed by atoms with Gasteiger partial charge >= 0.3 is 31.7 Å². The topological polar surface area (TPSA) is 380 Å². The van der Waals surface area contributed by atoms with Gasteiger partial charge in [-0.05, 0) is 25.7 Å². The van der Waals surface area contributed by atoms with Crippen molar-refractivity contribution in [3.8, 4) is 0 Å². The number of esters is 4. The smallest absolute Gasteiger partial charge is 0.463 e. The second-order valence-corrected chi connectivity index (χ2v) is 36.0. The minimum Gasteiger partial charge on any atom is -0.463 e. The highest BCUT2D eigenvalue weighted by atomic mass is 31.2. The van der Waals surface area contributed by atoms with Crippen molar-refractivity contribution in [2.45, 2.75) is 536 Å². The van der Waals surface area contributed by atoms with Crippen molar-refractivity contribution >= 4 is 31.7 Å². The quantitative estimate of drug-likeness (QED) is 0.0117. The highest BCUT2D eigenvalue weighted by Gasteiger charge is 2.60. The molecule has 0 spiro atoms. The predicted molar refractivity (Wildman–Crippen MR) is 458 cm³/mol. The number of ether oxygens (including phenoxy) is 8. The van der Waals surface area contributed by atoms with Gasteiger partial charge in [-0.2, -0.15) is 0 Å². The Morgan fingerprint density at radius 2 is 0.585 bits per heavy atom. The first-order valence-corrected chi connectivity index (χ1v) is 49.8. The van der Waals surface area contributed by atoms with Crippen LogP contribution in [0.3, 0.4) is 0 Å². The minimum atomic E-state index is -5.80. The summed E-state index contributed by atoms with van der Waals surface area (Å²) in [5.41, 5.74) is 0. The summed E-state index contributed by atoms with van der Waals surface area (Å²) in [5.74, 6) is -2.94. The van der Waals surface area contributed by atoms with Gasteiger partial charge in [-0.1, -0.05) is 381 Å². The standard InChI is InChI=1S/C92H173O25P/c1-5-9-13-17-21-25-29-33-36-39-42-45-49-53-57-61-65-76(95)109-71-74-80(99)82(101)86(105)92(113-74)116-89-87(114-78(97)67-63-59-55-51-47-43-38-35-31-27-23-19-15-11-7-3)83(102)84(103)88(115-91-85(104)81(100)79(98)73(68-93)112-91)90(89)117-118(106,107)110-70-72(111-77(96)66-62-58-54-50-46-40-32-28-24-20-16-12-8-4)69-108-75(94)64-60-56-52-48-44-41-37-34-30-26-22-18-14-10-6-2/h72-74,79-93,98-105H,5-71H2,1-4H3,(H,106,107). The molecule has 0 aromatic carbocycles. The van der Waals surface area contributed by atoms with Gasteiger partial charge in [0.1, 0.15) is 92.6 Å². The summed E-state index contributed by atoms with van der Waals surface area (Å²) in [4.78, 5) is 66.5. The van der Waals surface area contributed by atoms with E-state index in [4.69, 9.17) is 46.9 Å². The molecular weight excluding hydrogens is 1540 g/mol. The van der Waals surface area contributed by atoms with Crippen LogP contribution in [-0.4, -0.2) is 205 Å². The molecule has 18 unspecified atom stereocenters. The normalized spacial score (nSPS) is 24.9. The van der Waals surface area contributed by atoms with Crippen LogP contribution in [0.4, 0.5) is 0 Å². The number of phosphoric ester groups is 1. The van der Waals surface area contributed by atoms with Crippen molar-refractivity contribution < 1.29 is 122 Å². The molecule has 1 saturated carbocycles. The average Bonchev–Trinajstić information content (AvgIpc) is 0.755. The molecule has 2 aliphatic heterocycles. The molecule has 25 nitrogen and oxygen atoms in total. The van der Waals surface area contributed by atoms with Gasteiger partial charge in [-0.15, -0.1) is 0 Å². The molecule has 10 N–H and O–H groups in total. The number of carbonyl (C=O) groups excluding carboxylic acids is 4. The van der Waals surface area contributed by atoms with E-state index in [0.29, 0.717) is 32.1 Å². The fourth-order valence-corrected chi connectivity index (χ4v) is 17.2. The molecule has 118 heavy (non-hydrogen) atoms. The summed E-state index contributed by atoms with van der Waals surface area (Å²) in [5, 5.41) is 102. The molecule has 0 aromatic heterocycles. The third-order valence-corrected chi connectivity index (χ3v) is 24.8. The highest BCUT2D eigenvalue weighted by molar-refractivity contribution is 7.47. The molecule has 2 saturated heterocycles. The van der Waals surface area contributed by atoms with Crippen molar-refractivity contribution in [3.05, 3.63) is 0 Å². The third kappa shape index (κ3) is 51.2. The molecule has 696 valence electrons. The SMILES string of the molecule is CCCCCCCCCCCCCCCCCCC(=O)OCC1OC(OC2C(OC(=O)CCCCCCCCCCCCCCCCC)C(O)C(O)C(OC3OC(CO)C(O)C(O)C3O)C2OP(=O)(O)OCC(COC(=O)CCCCCCCCCCCCCCCCC)OC(=O)CCCCCCCCCCCCCCC)C(O)C(O)C1O. The average molecular weight is 1710 g/mol. The van der Waals surface area contributed by atoms with E-state index in [1.54, 1.807) is 0 Å². The van der Waals surface area contributed by atoms with Crippen LogP contribution in [0.2, 0.25) is 0 Å². The van der Waals surface area contributed by atoms with E-state index in [1.165, 1.54) is 218 Å². The Labute approximate surface area is 712 Å². The Kier molecular flexibility index (Phi) is 66.5. The lowest BCUT2D eigenvalue weighted by molar-refractivity contribution is -0.360. The number of carbonyl (C=O) groups is 4. The van der Waals surface area contributed by atoms with Crippen LogP contribution in [0, 0.1) is 0 Å². The summed E-state index contributed by atoms with van der Waals surface area (Å²) in [6.45, 7) is 5.65. The number of unbranched alkanes of at least 4 members (excludes halogenated alkanes) is 55. The lowest BCUT2D eigenvalue weighted by Crippen LogP contribution is -2.70. The van der Waals surface area contributed by atoms with Gasteiger partial charge in [0.05, 0.1) is 13.2 Å². The summed E-state index contributed by atoms with van der Waals surface area (Å²) in [6.07, 6.45) is 29.3. The van der Waals surface area contributed by atoms with Crippen LogP contribution in [0.1, 0.15) is 432 Å². The summed E-state index contributed by atoms with van der Waals surface area (Å²) < 4.78 is 73.5. The van der Waals surface area contributed by atoms with Gasteiger partial charge < -0.3 is 88.7 Å². The largest absolute Gasteiger partial charge is 0.472 e. The Morgan fingerprint density at radius 1 is 0.305 bits per heavy atom. The Hall–Kier alpha value is -2.53. The predicted octanol–water partition coefficient (Wildman–Crippen LogP) is 18.2. The van der Waals surface area contributed by atoms with E-state index < -0.39 is 162 Å². The maximum Gasteiger partial charge on any atom is 0.472 e. The second kappa shape index (κ2) is 71.6. The van der Waals surface area contributed by atoms with E-state index in [9.17, 15) is 74.6 Å². The fraction of sp³-hybridized carbons (Fsp3) is 0.957. The summed E-state index contributed by atoms with van der Waals surface area (Å²) >= 11 is 0. The van der Waals surface area contributed by atoms with Crippen LogP contribution in [0.15, 0.2) is 0 Å². The van der Waals surface area contributed by atoms with Gasteiger partial charge in [0.2, 0.25) is 0 Å². The maximum atomic E-state index is 14.9. The number of aliphatic hydroxyl groups excluding tert-OH is 9. The van der Waals surface area contributed by atoms with E-state index in [-0.39, 0.29) is 25.7 Å². The van der Waals surface area contributed by atoms with Crippen LogP contribution >= 0.6 is 7.82 Å². The number of rotatable bonds is 79. The van der Waals surface area contributed by atoms with Gasteiger partial charge in [0, 0.05) is 25.7 Å². The van der Waals surface area contributed by atoms with Crippen molar-refractivity contribution in [2.24, 2.45) is 0 Å². The zero-order valence-electron chi connectivity index (χ0n) is 74.2. The maximum absolute atomic E-state index is 14.9. The molecule has 3 rings (SSSR count). The Balaban J connectivity index is 1.90. The van der Waals surface area contributed by atoms with Crippen molar-refractivity contribution in [1.82, 2.24) is 0 Å². The van der Waals surface area contributed by atoms with Gasteiger partial charge in [0.15, 0.2) is 24.8 Å². The number of aliphatic hydroxyl groups is 9. The van der Waals surface area contributed by atoms with Gasteiger partial charge in [0.25, 0.3) is 0 Å². The van der Waals surface area contributed by atoms with Crippen LogP contribution < -0.4 is 0 Å². The van der Waals surface area contributed by atoms with Crippen LogP contribution in [0.5, 0.6) is 0 Å². The molecule has 0 radical (unpaired) electrons. The van der Waals surface area contributed by atoms with E-state index in [0.717, 1.165) is 128 Å². The Bertz CT molecular complexity index is 2450. The number of phosphoric acid groups is 1. The van der Waals surface area contributed by atoms with Crippen molar-refractivity contribution in [3.63, 3.8) is 0 Å². The van der Waals surface area contributed by atoms with E-state index >= 15 is 0 Å². The lowest BCUT2D eigenvalue weighted by atomic mass is 9.84. The first kappa shape index (κ1) is 110. The molecular formula is C92H173O25P. The Morgan fingerprint density at radius 3 is 0.924 bits per heavy atom. The zero-order valence-corrected chi connectivity index (χ0v) is 75.1. The summed E-state index contributed by atoms with van der Waals surface area (Å²) in [7, 11) is -5.80. The molecule has 0 amide bonds. The lowest BCUT2D eigenvalue weighted by Gasteiger charge is -2.50. The monoisotopic (exact) mass is 1710 g/mol. The fourth-order valence-electron chi connectivity index (χ4n) is 16.2. The second-order valence-electron chi connectivity index (χ2n) is 34.6. The van der Waals surface area contributed by atoms with E-state index in [2.05, 4.69) is 27.7 Å². The minimum absolute atomic E-state index is 0.0205.